The molecule has 0 saturated carbocycles. The van der Waals surface area contributed by atoms with Gasteiger partial charge >= 0.3 is 6.09 Å². The summed E-state index contributed by atoms with van der Waals surface area (Å²) in [5, 5.41) is 2.58. The van der Waals surface area contributed by atoms with Crippen molar-refractivity contribution < 1.29 is 17.9 Å². The Bertz CT molecular complexity index is 604. The van der Waals surface area contributed by atoms with Gasteiger partial charge in [-0.1, -0.05) is 0 Å². The van der Waals surface area contributed by atoms with E-state index in [1.807, 2.05) is 0 Å². The third-order valence-electron chi connectivity index (χ3n) is 3.08. The summed E-state index contributed by atoms with van der Waals surface area (Å²) in [6, 6.07) is 2.66. The largest absolute Gasteiger partial charge is 0.453 e. The van der Waals surface area contributed by atoms with Gasteiger partial charge in [0.25, 0.3) is 0 Å². The molecule has 1 fully saturated rings. The summed E-state index contributed by atoms with van der Waals surface area (Å²) < 4.78 is 30.6. The lowest BCUT2D eigenvalue weighted by molar-refractivity contribution is 0.167. The van der Waals surface area contributed by atoms with Crippen molar-refractivity contribution in [2.45, 2.75) is 17.4 Å². The van der Waals surface area contributed by atoms with Crippen LogP contribution >= 0.6 is 0 Å². The van der Waals surface area contributed by atoms with E-state index in [2.05, 4.69) is 15.0 Å². The zero-order valence-electron chi connectivity index (χ0n) is 10.9. The molecule has 0 radical (unpaired) electrons. The van der Waals surface area contributed by atoms with Crippen LogP contribution in [0, 0.1) is 0 Å². The first-order valence-electron chi connectivity index (χ1n) is 6.00. The summed E-state index contributed by atoms with van der Waals surface area (Å²) in [7, 11) is -2.43. The fourth-order valence-electron chi connectivity index (χ4n) is 2.05. The fraction of sp³-hybridized carbons (Fsp3) is 0.455. The first kappa shape index (κ1) is 14.5. The number of alkyl carbamates (subject to hydrolysis) is 1. The number of aromatic nitrogens is 1. The number of carbonyl (C=O) groups excluding carboxylic acids is 1. The molecular weight excluding hydrogens is 284 g/mol. The average Bonchev–Trinajstić information content (AvgIpc) is 2.88. The minimum atomic E-state index is -3.69. The number of sulfonamides is 1. The minimum Gasteiger partial charge on any atom is -0.453 e. The number of methoxy groups -OCH3 is 1. The van der Waals surface area contributed by atoms with Crippen LogP contribution in [0.2, 0.25) is 0 Å². The van der Waals surface area contributed by atoms with Gasteiger partial charge in [0.05, 0.1) is 7.11 Å². The van der Waals surface area contributed by atoms with E-state index in [1.54, 1.807) is 0 Å². The van der Waals surface area contributed by atoms with Gasteiger partial charge in [-0.25, -0.2) is 18.2 Å². The van der Waals surface area contributed by atoms with Crippen LogP contribution in [0.4, 0.5) is 10.6 Å². The van der Waals surface area contributed by atoms with E-state index in [4.69, 9.17) is 5.73 Å². The molecule has 1 unspecified atom stereocenters. The van der Waals surface area contributed by atoms with E-state index >= 15 is 0 Å². The normalized spacial score (nSPS) is 19.8. The second-order valence-electron chi connectivity index (χ2n) is 4.37. The molecule has 1 aliphatic rings. The molecule has 0 aliphatic carbocycles. The molecule has 3 N–H and O–H groups in total. The molecule has 1 aromatic rings. The van der Waals surface area contributed by atoms with Gasteiger partial charge in [0.15, 0.2) is 0 Å². The Balaban J connectivity index is 2.13. The van der Waals surface area contributed by atoms with Crippen LogP contribution in [-0.4, -0.2) is 50.0 Å². The third kappa shape index (κ3) is 2.83. The van der Waals surface area contributed by atoms with Crippen molar-refractivity contribution in [3.8, 4) is 0 Å². The van der Waals surface area contributed by atoms with Crippen LogP contribution in [0.1, 0.15) is 6.42 Å². The number of hydrogen-bond acceptors (Lipinski definition) is 6. The van der Waals surface area contributed by atoms with E-state index in [9.17, 15) is 13.2 Å². The average molecular weight is 300 g/mol. The number of nitrogens with two attached hydrogens (primary N) is 1. The fourth-order valence-corrected chi connectivity index (χ4v) is 3.62. The van der Waals surface area contributed by atoms with Crippen molar-refractivity contribution in [3.05, 3.63) is 18.3 Å². The predicted octanol–water partition coefficient (Wildman–Crippen LogP) is -0.217. The summed E-state index contributed by atoms with van der Waals surface area (Å²) in [5.41, 5.74) is 5.60. The monoisotopic (exact) mass is 300 g/mol. The topological polar surface area (TPSA) is 115 Å². The number of nitrogens with one attached hydrogen (secondary N) is 1. The van der Waals surface area contributed by atoms with Crippen molar-refractivity contribution >= 4 is 21.9 Å². The van der Waals surface area contributed by atoms with Crippen LogP contribution < -0.4 is 11.1 Å². The molecule has 1 amide bonds. The van der Waals surface area contributed by atoms with E-state index in [0.717, 1.165) is 0 Å². The maximum atomic E-state index is 12.4. The number of carbonyl (C=O) groups is 1. The second-order valence-corrected chi connectivity index (χ2v) is 6.28. The number of nitrogen functional groups attached to an aromatic ring is 1. The lowest BCUT2D eigenvalue weighted by Crippen LogP contribution is -2.38. The summed E-state index contributed by atoms with van der Waals surface area (Å²) >= 11 is 0. The molecule has 110 valence electrons. The SMILES string of the molecule is COC(=O)NC1CCN(S(=O)(=O)c2cccnc2N)C1. The van der Waals surface area contributed by atoms with Gasteiger partial charge in [-0.2, -0.15) is 4.31 Å². The lowest BCUT2D eigenvalue weighted by Gasteiger charge is -2.17. The van der Waals surface area contributed by atoms with Crippen molar-refractivity contribution in [1.82, 2.24) is 14.6 Å². The zero-order valence-corrected chi connectivity index (χ0v) is 11.8. The number of ether oxygens (including phenoxy) is 1. The predicted molar refractivity (Wildman–Crippen MR) is 71.4 cm³/mol. The maximum absolute atomic E-state index is 12.4. The van der Waals surface area contributed by atoms with Crippen LogP contribution in [0.25, 0.3) is 0 Å². The summed E-state index contributed by atoms with van der Waals surface area (Å²) in [6.45, 7) is 0.497. The standard InChI is InChI=1S/C11H16N4O4S/c1-19-11(16)14-8-4-6-15(7-8)20(17,18)9-3-2-5-13-10(9)12/h2-3,5,8H,4,6-7H2,1H3,(H2,12,13)(H,14,16). The molecule has 2 heterocycles. The molecule has 1 aliphatic heterocycles. The Kier molecular flexibility index (Phi) is 4.09. The van der Waals surface area contributed by atoms with E-state index < -0.39 is 16.1 Å². The molecule has 0 spiro atoms. The highest BCUT2D eigenvalue weighted by Gasteiger charge is 2.34. The Labute approximate surface area is 117 Å². The summed E-state index contributed by atoms with van der Waals surface area (Å²) in [5.74, 6) is -0.0307. The van der Waals surface area contributed by atoms with Crippen molar-refractivity contribution in [2.75, 3.05) is 25.9 Å². The molecule has 0 bridgehead atoms. The molecule has 1 atom stereocenters. The number of rotatable bonds is 3. The molecule has 1 aromatic heterocycles. The number of hydrogen-bond donors (Lipinski definition) is 2. The molecule has 2 rings (SSSR count). The van der Waals surface area contributed by atoms with Gasteiger partial charge in [0, 0.05) is 25.3 Å². The molecule has 20 heavy (non-hydrogen) atoms. The van der Waals surface area contributed by atoms with E-state index in [0.29, 0.717) is 13.0 Å². The van der Waals surface area contributed by atoms with Crippen molar-refractivity contribution in [1.29, 1.82) is 0 Å². The van der Waals surface area contributed by atoms with Crippen LogP contribution in [0.15, 0.2) is 23.2 Å². The van der Waals surface area contributed by atoms with Crippen molar-refractivity contribution in [3.63, 3.8) is 0 Å². The maximum Gasteiger partial charge on any atom is 0.407 e. The number of amides is 1. The first-order chi connectivity index (χ1) is 9.45. The highest BCUT2D eigenvalue weighted by Crippen LogP contribution is 2.23. The molecule has 8 nitrogen and oxygen atoms in total. The lowest BCUT2D eigenvalue weighted by atomic mass is 10.3. The van der Waals surface area contributed by atoms with Gasteiger partial charge in [-0.05, 0) is 18.6 Å². The third-order valence-corrected chi connectivity index (χ3v) is 4.99. The summed E-state index contributed by atoms with van der Waals surface area (Å²) in [4.78, 5) is 14.9. The Morgan fingerprint density at radius 3 is 3.00 bits per heavy atom. The van der Waals surface area contributed by atoms with Gasteiger partial charge in [-0.3, -0.25) is 0 Å². The van der Waals surface area contributed by atoms with Crippen LogP contribution in [-0.2, 0) is 14.8 Å². The molecule has 0 aromatic carbocycles. The number of anilines is 1. The summed E-state index contributed by atoms with van der Waals surface area (Å²) in [6.07, 6.45) is 1.38. The van der Waals surface area contributed by atoms with Crippen molar-refractivity contribution in [2.24, 2.45) is 0 Å². The molecular formula is C11H16N4O4S. The second kappa shape index (κ2) is 5.63. The zero-order chi connectivity index (χ0) is 14.8. The molecule has 1 saturated heterocycles. The van der Waals surface area contributed by atoms with E-state index in [-0.39, 0.29) is 23.3 Å². The van der Waals surface area contributed by atoms with Gasteiger partial charge in [0.2, 0.25) is 10.0 Å². The number of nitrogens with zero attached hydrogens (tertiary/aromatic N) is 2. The number of pyridine rings is 1. The first-order valence-corrected chi connectivity index (χ1v) is 7.44. The quantitative estimate of drug-likeness (QED) is 0.797. The van der Waals surface area contributed by atoms with Gasteiger partial charge < -0.3 is 15.8 Å². The minimum absolute atomic E-state index is 0.0151. The Morgan fingerprint density at radius 2 is 2.35 bits per heavy atom. The Morgan fingerprint density at radius 1 is 1.60 bits per heavy atom. The van der Waals surface area contributed by atoms with Gasteiger partial charge in [-0.15, -0.1) is 0 Å². The van der Waals surface area contributed by atoms with Crippen LogP contribution in [0.5, 0.6) is 0 Å². The van der Waals surface area contributed by atoms with Crippen LogP contribution in [0.3, 0.4) is 0 Å². The highest BCUT2D eigenvalue weighted by atomic mass is 32.2. The van der Waals surface area contributed by atoms with E-state index in [1.165, 1.54) is 29.7 Å². The molecule has 9 heteroatoms. The highest BCUT2D eigenvalue weighted by molar-refractivity contribution is 7.89. The smallest absolute Gasteiger partial charge is 0.407 e. The Hall–Kier alpha value is -1.87. The van der Waals surface area contributed by atoms with Gasteiger partial charge in [0.1, 0.15) is 10.7 Å².